The third-order valence-electron chi connectivity index (χ3n) is 3.66. The van der Waals surface area contributed by atoms with Crippen LogP contribution >= 0.6 is 0 Å². The first-order valence-corrected chi connectivity index (χ1v) is 7.47. The second-order valence-electron chi connectivity index (χ2n) is 5.14. The molecule has 0 atom stereocenters. The van der Waals surface area contributed by atoms with Gasteiger partial charge in [0.15, 0.2) is 0 Å². The molecule has 2 heterocycles. The first-order valence-electron chi connectivity index (χ1n) is 7.47. The van der Waals surface area contributed by atoms with Crippen molar-refractivity contribution >= 4 is 23.4 Å². The van der Waals surface area contributed by atoms with Crippen LogP contribution in [0.3, 0.4) is 0 Å². The molecule has 0 saturated heterocycles. The summed E-state index contributed by atoms with van der Waals surface area (Å²) in [5, 5.41) is 2.66. The highest BCUT2D eigenvalue weighted by Gasteiger charge is 2.26. The lowest BCUT2D eigenvalue weighted by Gasteiger charge is -2.18. The minimum absolute atomic E-state index is 0.0925. The Bertz CT molecular complexity index is 731. The van der Waals surface area contributed by atoms with Gasteiger partial charge in [0.25, 0.3) is 5.91 Å². The van der Waals surface area contributed by atoms with Crippen LogP contribution in [0.2, 0.25) is 0 Å². The predicted molar refractivity (Wildman–Crippen MR) is 86.7 cm³/mol. The Morgan fingerprint density at radius 3 is 2.96 bits per heavy atom. The summed E-state index contributed by atoms with van der Waals surface area (Å²) in [5.74, 6) is -0.0925. The highest BCUT2D eigenvalue weighted by atomic mass is 16.5. The molecule has 0 radical (unpaired) electrons. The molecule has 0 spiro atoms. The topological polar surface area (TPSA) is 71.5 Å². The van der Waals surface area contributed by atoms with Crippen LogP contribution in [0.15, 0.2) is 42.7 Å². The Morgan fingerprint density at radius 2 is 2.22 bits per heavy atom. The standard InChI is InChI=1S/C17H17N3O3/c1-2-23-17(22)19-14-6-5-12-7-9-20(15(12)10-14)16(21)13-4-3-8-18-11-13/h3-6,8,10-11H,2,7,9H2,1H3,(H,19,22). The fourth-order valence-electron chi connectivity index (χ4n) is 2.60. The molecule has 3 rings (SSSR count). The predicted octanol–water partition coefficient (Wildman–Crippen LogP) is 2.85. The van der Waals surface area contributed by atoms with Crippen molar-refractivity contribution < 1.29 is 14.3 Å². The molecule has 1 aromatic heterocycles. The number of nitrogens with zero attached hydrogens (tertiary/aromatic N) is 2. The molecule has 0 aliphatic carbocycles. The molecule has 6 nitrogen and oxygen atoms in total. The maximum absolute atomic E-state index is 12.6. The zero-order valence-electron chi connectivity index (χ0n) is 12.8. The van der Waals surface area contributed by atoms with Gasteiger partial charge in [-0.05, 0) is 43.2 Å². The van der Waals surface area contributed by atoms with E-state index in [1.165, 1.54) is 0 Å². The third kappa shape index (κ3) is 3.15. The molecule has 23 heavy (non-hydrogen) atoms. The number of amides is 2. The summed E-state index contributed by atoms with van der Waals surface area (Å²) >= 11 is 0. The van der Waals surface area contributed by atoms with Crippen molar-refractivity contribution in [1.29, 1.82) is 0 Å². The number of pyridine rings is 1. The van der Waals surface area contributed by atoms with Crippen molar-refractivity contribution in [1.82, 2.24) is 4.98 Å². The van der Waals surface area contributed by atoms with E-state index in [1.807, 2.05) is 12.1 Å². The van der Waals surface area contributed by atoms with Crippen molar-refractivity contribution in [3.63, 3.8) is 0 Å². The van der Waals surface area contributed by atoms with E-state index >= 15 is 0 Å². The van der Waals surface area contributed by atoms with Crippen LogP contribution in [0.5, 0.6) is 0 Å². The molecule has 0 bridgehead atoms. The molecule has 1 aliphatic rings. The number of fused-ring (bicyclic) bond motifs is 1. The Kier molecular flexibility index (Phi) is 4.23. The molecule has 118 valence electrons. The van der Waals surface area contributed by atoms with E-state index < -0.39 is 6.09 Å². The smallest absolute Gasteiger partial charge is 0.411 e. The fraction of sp³-hybridized carbons (Fsp3) is 0.235. The van der Waals surface area contributed by atoms with Crippen LogP contribution in [0.4, 0.5) is 16.2 Å². The maximum Gasteiger partial charge on any atom is 0.411 e. The minimum Gasteiger partial charge on any atom is -0.450 e. The summed E-state index contributed by atoms with van der Waals surface area (Å²) < 4.78 is 4.87. The monoisotopic (exact) mass is 311 g/mol. The largest absolute Gasteiger partial charge is 0.450 e. The van der Waals surface area contributed by atoms with Gasteiger partial charge in [-0.1, -0.05) is 6.07 Å². The lowest BCUT2D eigenvalue weighted by molar-refractivity contribution is 0.0989. The van der Waals surface area contributed by atoms with Gasteiger partial charge < -0.3 is 9.64 Å². The first kappa shape index (κ1) is 15.0. The van der Waals surface area contributed by atoms with Gasteiger partial charge in [-0.15, -0.1) is 0 Å². The molecule has 2 amide bonds. The molecule has 6 heteroatoms. The Morgan fingerprint density at radius 1 is 1.35 bits per heavy atom. The molecule has 0 fully saturated rings. The van der Waals surface area contributed by atoms with Gasteiger partial charge in [0.1, 0.15) is 0 Å². The van der Waals surface area contributed by atoms with E-state index in [1.54, 1.807) is 42.4 Å². The first-order chi connectivity index (χ1) is 11.2. The number of aromatic nitrogens is 1. The van der Waals surface area contributed by atoms with Gasteiger partial charge in [0, 0.05) is 30.3 Å². The number of anilines is 2. The summed E-state index contributed by atoms with van der Waals surface area (Å²) in [6.45, 7) is 2.67. The molecule has 1 aliphatic heterocycles. The highest BCUT2D eigenvalue weighted by Crippen LogP contribution is 2.32. The van der Waals surface area contributed by atoms with Crippen LogP contribution < -0.4 is 10.2 Å². The number of hydrogen-bond donors (Lipinski definition) is 1. The molecule has 0 unspecified atom stereocenters. The van der Waals surface area contributed by atoms with Crippen LogP contribution in [0.25, 0.3) is 0 Å². The Balaban J connectivity index is 1.84. The molecule has 0 saturated carbocycles. The number of hydrogen-bond acceptors (Lipinski definition) is 4. The summed E-state index contributed by atoms with van der Waals surface area (Å²) in [6.07, 6.45) is 3.48. The van der Waals surface area contributed by atoms with E-state index in [0.717, 1.165) is 17.7 Å². The van der Waals surface area contributed by atoms with Crippen LogP contribution in [0.1, 0.15) is 22.8 Å². The van der Waals surface area contributed by atoms with Crippen molar-refractivity contribution in [2.75, 3.05) is 23.4 Å². The van der Waals surface area contributed by atoms with Gasteiger partial charge >= 0.3 is 6.09 Å². The molecule has 1 aromatic carbocycles. The highest BCUT2D eigenvalue weighted by molar-refractivity contribution is 6.07. The molecule has 1 N–H and O–H groups in total. The second-order valence-corrected chi connectivity index (χ2v) is 5.14. The van der Waals surface area contributed by atoms with Crippen molar-refractivity contribution in [3.8, 4) is 0 Å². The second kappa shape index (κ2) is 6.48. The Hall–Kier alpha value is -2.89. The Labute approximate surface area is 134 Å². The lowest BCUT2D eigenvalue weighted by Crippen LogP contribution is -2.29. The van der Waals surface area contributed by atoms with E-state index in [0.29, 0.717) is 24.4 Å². The van der Waals surface area contributed by atoms with Gasteiger partial charge in [-0.2, -0.15) is 0 Å². The normalized spacial score (nSPS) is 12.7. The third-order valence-corrected chi connectivity index (χ3v) is 3.66. The summed E-state index contributed by atoms with van der Waals surface area (Å²) in [7, 11) is 0. The van der Waals surface area contributed by atoms with Crippen molar-refractivity contribution in [2.24, 2.45) is 0 Å². The minimum atomic E-state index is -0.504. The summed E-state index contributed by atoms with van der Waals surface area (Å²) in [6, 6.07) is 9.02. The zero-order valence-corrected chi connectivity index (χ0v) is 12.8. The van der Waals surface area contributed by atoms with Gasteiger partial charge in [-0.25, -0.2) is 4.79 Å². The van der Waals surface area contributed by atoms with Gasteiger partial charge in [0.05, 0.1) is 12.2 Å². The lowest BCUT2D eigenvalue weighted by atomic mass is 10.1. The number of ether oxygens (including phenoxy) is 1. The van der Waals surface area contributed by atoms with Crippen LogP contribution in [-0.4, -0.2) is 30.1 Å². The number of benzene rings is 1. The molecular formula is C17H17N3O3. The van der Waals surface area contributed by atoms with E-state index in [9.17, 15) is 9.59 Å². The summed E-state index contributed by atoms with van der Waals surface area (Å²) in [4.78, 5) is 29.8. The number of rotatable bonds is 3. The van der Waals surface area contributed by atoms with E-state index in [2.05, 4.69) is 10.3 Å². The number of carbonyl (C=O) groups is 2. The maximum atomic E-state index is 12.6. The van der Waals surface area contributed by atoms with E-state index in [4.69, 9.17) is 4.74 Å². The summed E-state index contributed by atoms with van der Waals surface area (Å²) in [5.41, 5.74) is 3.04. The molecular weight excluding hydrogens is 294 g/mol. The average Bonchev–Trinajstić information content (AvgIpc) is 2.98. The van der Waals surface area contributed by atoms with Crippen molar-refractivity contribution in [3.05, 3.63) is 53.9 Å². The average molecular weight is 311 g/mol. The van der Waals surface area contributed by atoms with Gasteiger partial charge in [-0.3, -0.25) is 15.1 Å². The zero-order chi connectivity index (χ0) is 16.2. The van der Waals surface area contributed by atoms with Gasteiger partial charge in [0.2, 0.25) is 0 Å². The number of carbonyl (C=O) groups excluding carboxylic acids is 2. The van der Waals surface area contributed by atoms with Crippen LogP contribution in [-0.2, 0) is 11.2 Å². The number of nitrogens with one attached hydrogen (secondary N) is 1. The SMILES string of the molecule is CCOC(=O)Nc1ccc2c(c1)N(C(=O)c1cccnc1)CC2. The van der Waals surface area contributed by atoms with Crippen molar-refractivity contribution in [2.45, 2.75) is 13.3 Å². The molecule has 2 aromatic rings. The van der Waals surface area contributed by atoms with Crippen LogP contribution in [0, 0.1) is 0 Å². The van der Waals surface area contributed by atoms with E-state index in [-0.39, 0.29) is 5.91 Å². The quantitative estimate of drug-likeness (QED) is 0.946. The fourth-order valence-corrected chi connectivity index (χ4v) is 2.60.